The topological polar surface area (TPSA) is 28.2 Å². The van der Waals surface area contributed by atoms with Crippen LogP contribution in [0.1, 0.15) is 31.0 Å². The van der Waals surface area contributed by atoms with Crippen LogP contribution in [0.25, 0.3) is 0 Å². The summed E-state index contributed by atoms with van der Waals surface area (Å²) < 4.78 is 0. The highest BCUT2D eigenvalue weighted by Gasteiger charge is 2.27. The van der Waals surface area contributed by atoms with E-state index in [0.29, 0.717) is 5.54 Å². The molecule has 0 bridgehead atoms. The van der Waals surface area contributed by atoms with Gasteiger partial charge in [0, 0.05) is 37.1 Å². The van der Waals surface area contributed by atoms with Crippen LogP contribution >= 0.6 is 0 Å². The van der Waals surface area contributed by atoms with Gasteiger partial charge in [-0.2, -0.15) is 0 Å². The van der Waals surface area contributed by atoms with Crippen LogP contribution in [0.5, 0.6) is 0 Å². The largest absolute Gasteiger partial charge is 0.314 e. The smallest absolute Gasteiger partial charge is 0.0372 e. The maximum atomic E-state index is 4.35. The van der Waals surface area contributed by atoms with Gasteiger partial charge in [-0.3, -0.25) is 9.88 Å². The molecular formula is C14H23N3. The monoisotopic (exact) mass is 233 g/mol. The first kappa shape index (κ1) is 12.5. The quantitative estimate of drug-likeness (QED) is 0.865. The van der Waals surface area contributed by atoms with Gasteiger partial charge in [0.15, 0.2) is 0 Å². The molecule has 1 saturated heterocycles. The first-order chi connectivity index (χ1) is 8.11. The number of aryl methyl sites for hydroxylation is 1. The van der Waals surface area contributed by atoms with Gasteiger partial charge < -0.3 is 5.32 Å². The number of nitrogens with zero attached hydrogens (tertiary/aromatic N) is 2. The van der Waals surface area contributed by atoms with Crippen molar-refractivity contribution < 1.29 is 0 Å². The van der Waals surface area contributed by atoms with Crippen molar-refractivity contribution in [2.45, 2.75) is 38.8 Å². The van der Waals surface area contributed by atoms with Crippen molar-refractivity contribution in [2.24, 2.45) is 0 Å². The molecule has 0 unspecified atom stereocenters. The van der Waals surface area contributed by atoms with Gasteiger partial charge in [0.25, 0.3) is 0 Å². The first-order valence-corrected chi connectivity index (χ1v) is 6.44. The zero-order valence-corrected chi connectivity index (χ0v) is 11.2. The highest BCUT2D eigenvalue weighted by atomic mass is 15.1. The van der Waals surface area contributed by atoms with Crippen LogP contribution in [0.2, 0.25) is 0 Å². The number of rotatable bonds is 3. The van der Waals surface area contributed by atoms with E-state index in [-0.39, 0.29) is 0 Å². The number of hydrogen-bond acceptors (Lipinski definition) is 3. The van der Waals surface area contributed by atoms with Crippen molar-refractivity contribution >= 4 is 0 Å². The summed E-state index contributed by atoms with van der Waals surface area (Å²) >= 11 is 0. The minimum Gasteiger partial charge on any atom is -0.314 e. The second-order valence-corrected chi connectivity index (χ2v) is 5.39. The molecule has 17 heavy (non-hydrogen) atoms. The van der Waals surface area contributed by atoms with Gasteiger partial charge in [0.2, 0.25) is 0 Å². The van der Waals surface area contributed by atoms with Crippen molar-refractivity contribution in [3.8, 4) is 0 Å². The second-order valence-electron chi connectivity index (χ2n) is 5.39. The molecule has 1 aliphatic heterocycles. The Kier molecular flexibility index (Phi) is 3.79. The zero-order valence-electron chi connectivity index (χ0n) is 11.2. The summed E-state index contributed by atoms with van der Waals surface area (Å²) in [5, 5.41) is 3.43. The van der Waals surface area contributed by atoms with E-state index in [1.54, 1.807) is 0 Å². The van der Waals surface area contributed by atoms with Crippen LogP contribution in [0.4, 0.5) is 0 Å². The average molecular weight is 233 g/mol. The van der Waals surface area contributed by atoms with E-state index in [2.05, 4.69) is 41.3 Å². The molecule has 1 N–H and O–H groups in total. The highest BCUT2D eigenvalue weighted by molar-refractivity contribution is 5.13. The van der Waals surface area contributed by atoms with Gasteiger partial charge in [0.1, 0.15) is 0 Å². The summed E-state index contributed by atoms with van der Waals surface area (Å²) in [7, 11) is 2.07. The minimum absolute atomic E-state index is 0.335. The predicted molar refractivity (Wildman–Crippen MR) is 70.9 cm³/mol. The summed E-state index contributed by atoms with van der Waals surface area (Å²) in [6, 6.07) is 4.28. The number of piperidine rings is 1. The summed E-state index contributed by atoms with van der Waals surface area (Å²) in [6.45, 7) is 7.73. The van der Waals surface area contributed by atoms with Crippen molar-refractivity contribution in [3.63, 3.8) is 0 Å². The van der Waals surface area contributed by atoms with Crippen molar-refractivity contribution in [3.05, 3.63) is 29.6 Å². The fourth-order valence-electron chi connectivity index (χ4n) is 2.30. The number of aromatic nitrogens is 1. The minimum atomic E-state index is 0.335. The summed E-state index contributed by atoms with van der Waals surface area (Å²) in [5.74, 6) is 0. The van der Waals surface area contributed by atoms with Crippen molar-refractivity contribution in [1.82, 2.24) is 15.2 Å². The number of hydrogen-bond donors (Lipinski definition) is 1. The molecule has 1 aromatic rings. The molecule has 2 rings (SSSR count). The van der Waals surface area contributed by atoms with Crippen LogP contribution in [0.15, 0.2) is 18.3 Å². The molecule has 3 nitrogen and oxygen atoms in total. The molecular weight excluding hydrogens is 210 g/mol. The summed E-state index contributed by atoms with van der Waals surface area (Å²) in [6.07, 6.45) is 4.45. The van der Waals surface area contributed by atoms with Crippen LogP contribution in [0.3, 0.4) is 0 Å². The Labute approximate surface area is 104 Å². The average Bonchev–Trinajstić information content (AvgIpc) is 2.35. The van der Waals surface area contributed by atoms with Gasteiger partial charge in [-0.05, 0) is 45.4 Å². The van der Waals surface area contributed by atoms with Crippen LogP contribution in [-0.4, -0.2) is 35.6 Å². The van der Waals surface area contributed by atoms with Gasteiger partial charge in [-0.15, -0.1) is 0 Å². The third kappa shape index (κ3) is 3.27. The normalized spacial score (nSPS) is 20.4. The van der Waals surface area contributed by atoms with Gasteiger partial charge >= 0.3 is 0 Å². The lowest BCUT2D eigenvalue weighted by molar-refractivity contribution is 0.146. The Bertz CT molecular complexity index is 350. The Morgan fingerprint density at radius 2 is 2.06 bits per heavy atom. The Morgan fingerprint density at radius 3 is 2.59 bits per heavy atom. The first-order valence-electron chi connectivity index (χ1n) is 6.44. The number of nitrogens with one attached hydrogen (secondary N) is 1. The van der Waals surface area contributed by atoms with Crippen molar-refractivity contribution in [1.29, 1.82) is 0 Å². The third-order valence-electron chi connectivity index (χ3n) is 3.94. The lowest BCUT2D eigenvalue weighted by Gasteiger charge is -2.39. The van der Waals surface area contributed by atoms with Gasteiger partial charge in [0.05, 0.1) is 0 Å². The van der Waals surface area contributed by atoms with E-state index in [4.69, 9.17) is 0 Å². The molecule has 94 valence electrons. The Morgan fingerprint density at radius 1 is 1.35 bits per heavy atom. The Balaban J connectivity index is 1.88. The van der Waals surface area contributed by atoms with Crippen molar-refractivity contribution in [2.75, 3.05) is 20.1 Å². The predicted octanol–water partition coefficient (Wildman–Crippen LogP) is 1.96. The molecule has 0 amide bonds. The highest BCUT2D eigenvalue weighted by Crippen LogP contribution is 2.22. The zero-order chi connectivity index (χ0) is 12.3. The standard InChI is InChI=1S/C14H23N3/c1-12-4-5-13(10-16-12)11-17-8-6-14(2,15-3)7-9-17/h4-5,10,15H,6-9,11H2,1-3H3. The number of pyridine rings is 1. The molecule has 1 fully saturated rings. The fraction of sp³-hybridized carbons (Fsp3) is 0.643. The van der Waals surface area contributed by atoms with E-state index in [9.17, 15) is 0 Å². The second kappa shape index (κ2) is 5.15. The van der Waals surface area contributed by atoms with Gasteiger partial charge in [-0.25, -0.2) is 0 Å². The maximum absolute atomic E-state index is 4.35. The lowest BCUT2D eigenvalue weighted by atomic mass is 9.90. The molecule has 0 atom stereocenters. The van der Waals surface area contributed by atoms with Crippen LogP contribution < -0.4 is 5.32 Å². The molecule has 3 heteroatoms. The van der Waals surface area contributed by atoms with Crippen LogP contribution in [-0.2, 0) is 6.54 Å². The SMILES string of the molecule is CNC1(C)CCN(Cc2ccc(C)nc2)CC1. The van der Waals surface area contributed by atoms with E-state index >= 15 is 0 Å². The lowest BCUT2D eigenvalue weighted by Crippen LogP contribution is -2.49. The van der Waals surface area contributed by atoms with Crippen LogP contribution in [0, 0.1) is 6.92 Å². The maximum Gasteiger partial charge on any atom is 0.0372 e. The number of likely N-dealkylation sites (tertiary alicyclic amines) is 1. The molecule has 2 heterocycles. The van der Waals surface area contributed by atoms with E-state index in [1.165, 1.54) is 31.5 Å². The van der Waals surface area contributed by atoms with Gasteiger partial charge in [-0.1, -0.05) is 6.07 Å². The van der Waals surface area contributed by atoms with E-state index < -0.39 is 0 Å². The molecule has 0 radical (unpaired) electrons. The van der Waals surface area contributed by atoms with E-state index in [0.717, 1.165) is 12.2 Å². The summed E-state index contributed by atoms with van der Waals surface area (Å²) in [4.78, 5) is 6.87. The Hall–Kier alpha value is -0.930. The fourth-order valence-corrected chi connectivity index (χ4v) is 2.30. The molecule has 0 spiro atoms. The molecule has 0 aliphatic carbocycles. The van der Waals surface area contributed by atoms with E-state index in [1.807, 2.05) is 13.1 Å². The summed E-state index contributed by atoms with van der Waals surface area (Å²) in [5.41, 5.74) is 2.75. The third-order valence-corrected chi connectivity index (χ3v) is 3.94. The molecule has 1 aromatic heterocycles. The molecule has 0 saturated carbocycles. The molecule has 1 aliphatic rings. The molecule has 0 aromatic carbocycles.